The third-order valence-electron chi connectivity index (χ3n) is 4.61. The number of carbonyl (C=O) groups is 1. The van der Waals surface area contributed by atoms with Crippen molar-refractivity contribution in [1.82, 2.24) is 0 Å². The van der Waals surface area contributed by atoms with E-state index in [0.29, 0.717) is 12.1 Å². The molecule has 1 unspecified atom stereocenters. The van der Waals surface area contributed by atoms with Gasteiger partial charge in [-0.25, -0.2) is 4.79 Å². The maximum atomic E-state index is 11.5. The van der Waals surface area contributed by atoms with Crippen LogP contribution in [0.3, 0.4) is 0 Å². The molecule has 3 rings (SSSR count). The van der Waals surface area contributed by atoms with E-state index in [2.05, 4.69) is 36.2 Å². The number of nitrogens with one attached hydrogen (secondary N) is 1. The molecule has 120 valence electrons. The fourth-order valence-electron chi connectivity index (χ4n) is 3.14. The molecule has 0 aliphatic carbocycles. The van der Waals surface area contributed by atoms with Gasteiger partial charge in [-0.05, 0) is 37.1 Å². The molecule has 0 fully saturated rings. The number of rotatable bonds is 4. The van der Waals surface area contributed by atoms with E-state index in [1.807, 2.05) is 24.3 Å². The van der Waals surface area contributed by atoms with Gasteiger partial charge in [0.05, 0.1) is 22.5 Å². The van der Waals surface area contributed by atoms with E-state index in [4.69, 9.17) is 0 Å². The van der Waals surface area contributed by atoms with Crippen molar-refractivity contribution in [3.8, 4) is 0 Å². The molecule has 1 aliphatic heterocycles. The Bertz CT molecular complexity index is 729. The average Bonchev–Trinajstić information content (AvgIpc) is 2.55. The van der Waals surface area contributed by atoms with Crippen LogP contribution >= 0.6 is 0 Å². The van der Waals surface area contributed by atoms with Gasteiger partial charge < -0.3 is 15.3 Å². The highest BCUT2D eigenvalue weighted by Crippen LogP contribution is 2.36. The second kappa shape index (κ2) is 5.95. The first-order valence-electron chi connectivity index (χ1n) is 7.96. The zero-order valence-corrected chi connectivity index (χ0v) is 13.5. The first-order chi connectivity index (χ1) is 11.0. The summed E-state index contributed by atoms with van der Waals surface area (Å²) in [7, 11) is 0. The molecule has 0 amide bonds. The number of para-hydroxylation sites is 2. The van der Waals surface area contributed by atoms with Gasteiger partial charge in [-0.15, -0.1) is 0 Å². The Labute approximate surface area is 136 Å². The fraction of sp³-hybridized carbons (Fsp3) is 0.316. The Hall–Kier alpha value is -2.49. The minimum Gasteiger partial charge on any atom is -0.478 e. The maximum absolute atomic E-state index is 11.5. The first-order valence-corrected chi connectivity index (χ1v) is 7.96. The van der Waals surface area contributed by atoms with Crippen LogP contribution in [0, 0.1) is 0 Å². The summed E-state index contributed by atoms with van der Waals surface area (Å²) in [5, 5.41) is 13.0. The van der Waals surface area contributed by atoms with Crippen molar-refractivity contribution in [2.75, 3.05) is 16.8 Å². The Kier molecular flexibility index (Phi) is 3.99. The van der Waals surface area contributed by atoms with Gasteiger partial charge in [0.15, 0.2) is 0 Å². The number of carboxylic acid groups (broad SMARTS) is 1. The number of hydrogen-bond donors (Lipinski definition) is 2. The summed E-state index contributed by atoms with van der Waals surface area (Å²) in [5.74, 6) is -0.873. The number of benzene rings is 2. The van der Waals surface area contributed by atoms with Gasteiger partial charge in [0, 0.05) is 13.1 Å². The van der Waals surface area contributed by atoms with E-state index in [9.17, 15) is 9.90 Å². The molecule has 1 aliphatic rings. The molecule has 4 nitrogen and oxygen atoms in total. The smallest absolute Gasteiger partial charge is 0.336 e. The van der Waals surface area contributed by atoms with Crippen molar-refractivity contribution in [3.05, 3.63) is 59.7 Å². The minimum absolute atomic E-state index is 0.0213. The number of hydrogen-bond acceptors (Lipinski definition) is 3. The van der Waals surface area contributed by atoms with Crippen molar-refractivity contribution in [1.29, 1.82) is 0 Å². The molecular weight excluding hydrogens is 288 g/mol. The maximum Gasteiger partial charge on any atom is 0.336 e. The lowest BCUT2D eigenvalue weighted by molar-refractivity contribution is 0.0695. The van der Waals surface area contributed by atoms with Crippen molar-refractivity contribution in [2.45, 2.75) is 32.4 Å². The van der Waals surface area contributed by atoms with Gasteiger partial charge in [-0.3, -0.25) is 0 Å². The second-order valence-electron chi connectivity index (χ2n) is 6.37. The summed E-state index contributed by atoms with van der Waals surface area (Å²) in [6.45, 7) is 5.81. The summed E-state index contributed by atoms with van der Waals surface area (Å²) < 4.78 is 0. The molecule has 23 heavy (non-hydrogen) atoms. The van der Waals surface area contributed by atoms with Gasteiger partial charge in [0.2, 0.25) is 0 Å². The highest BCUT2D eigenvalue weighted by atomic mass is 16.4. The van der Waals surface area contributed by atoms with Crippen LogP contribution in [-0.2, 0) is 6.54 Å². The van der Waals surface area contributed by atoms with Crippen molar-refractivity contribution >= 4 is 17.3 Å². The highest BCUT2D eigenvalue weighted by Gasteiger charge is 2.32. The largest absolute Gasteiger partial charge is 0.478 e. The molecule has 0 saturated carbocycles. The molecule has 4 heteroatoms. The standard InChI is InChI=1S/C19H22N2O2/c1-3-19(2)13-21(17-11-7-6-10-16(17)20-19)12-14-8-4-5-9-15(14)18(22)23/h4-11,20H,3,12-13H2,1-2H3,(H,22,23). The average molecular weight is 310 g/mol. The Morgan fingerprint density at radius 2 is 1.91 bits per heavy atom. The third kappa shape index (κ3) is 3.02. The number of aromatic carboxylic acids is 1. The molecule has 0 bridgehead atoms. The summed E-state index contributed by atoms with van der Waals surface area (Å²) in [4.78, 5) is 13.7. The van der Waals surface area contributed by atoms with E-state index in [1.54, 1.807) is 12.1 Å². The van der Waals surface area contributed by atoms with Crippen LogP contribution in [0.5, 0.6) is 0 Å². The molecular formula is C19H22N2O2. The monoisotopic (exact) mass is 310 g/mol. The van der Waals surface area contributed by atoms with Crippen LogP contribution in [0.4, 0.5) is 11.4 Å². The lowest BCUT2D eigenvalue weighted by Crippen LogP contribution is -2.50. The molecule has 0 aromatic heterocycles. The van der Waals surface area contributed by atoms with E-state index < -0.39 is 5.97 Å². The lowest BCUT2D eigenvalue weighted by atomic mass is 9.93. The summed E-state index contributed by atoms with van der Waals surface area (Å²) in [6, 6.07) is 15.5. The number of carboxylic acids is 1. The summed E-state index contributed by atoms with van der Waals surface area (Å²) in [6.07, 6.45) is 0.998. The predicted octanol–water partition coefficient (Wildman–Crippen LogP) is 3.99. The topological polar surface area (TPSA) is 52.6 Å². The zero-order chi connectivity index (χ0) is 16.4. The van der Waals surface area contributed by atoms with Crippen LogP contribution in [0.2, 0.25) is 0 Å². The highest BCUT2D eigenvalue weighted by molar-refractivity contribution is 5.89. The molecule has 1 heterocycles. The number of fused-ring (bicyclic) bond motifs is 1. The summed E-state index contributed by atoms with van der Waals surface area (Å²) in [5.41, 5.74) is 3.43. The van der Waals surface area contributed by atoms with E-state index >= 15 is 0 Å². The molecule has 2 aromatic carbocycles. The Morgan fingerprint density at radius 3 is 2.65 bits per heavy atom. The predicted molar refractivity (Wildman–Crippen MR) is 93.2 cm³/mol. The van der Waals surface area contributed by atoms with Crippen molar-refractivity contribution in [3.63, 3.8) is 0 Å². The summed E-state index contributed by atoms with van der Waals surface area (Å²) >= 11 is 0. The SMILES string of the molecule is CCC1(C)CN(Cc2ccccc2C(=O)O)c2ccccc2N1. The fourth-order valence-corrected chi connectivity index (χ4v) is 3.14. The van der Waals surface area contributed by atoms with Crippen LogP contribution < -0.4 is 10.2 Å². The molecule has 2 N–H and O–H groups in total. The second-order valence-corrected chi connectivity index (χ2v) is 6.37. The Morgan fingerprint density at radius 1 is 1.22 bits per heavy atom. The number of nitrogens with zero attached hydrogens (tertiary/aromatic N) is 1. The van der Waals surface area contributed by atoms with Crippen LogP contribution in [-0.4, -0.2) is 23.2 Å². The van der Waals surface area contributed by atoms with Crippen LogP contribution in [0.15, 0.2) is 48.5 Å². The van der Waals surface area contributed by atoms with Gasteiger partial charge in [-0.1, -0.05) is 37.3 Å². The first kappa shape index (κ1) is 15.4. The number of anilines is 2. The van der Waals surface area contributed by atoms with Gasteiger partial charge in [0.1, 0.15) is 0 Å². The van der Waals surface area contributed by atoms with Crippen molar-refractivity contribution < 1.29 is 9.90 Å². The van der Waals surface area contributed by atoms with Crippen LogP contribution in [0.1, 0.15) is 36.2 Å². The minimum atomic E-state index is -0.873. The van der Waals surface area contributed by atoms with Gasteiger partial charge in [-0.2, -0.15) is 0 Å². The molecule has 0 saturated heterocycles. The van der Waals surface area contributed by atoms with E-state index in [0.717, 1.165) is 29.9 Å². The quantitative estimate of drug-likeness (QED) is 0.896. The molecule has 0 radical (unpaired) electrons. The van der Waals surface area contributed by atoms with E-state index in [-0.39, 0.29) is 5.54 Å². The Balaban J connectivity index is 1.98. The van der Waals surface area contributed by atoms with Gasteiger partial charge in [0.25, 0.3) is 0 Å². The molecule has 2 aromatic rings. The van der Waals surface area contributed by atoms with E-state index in [1.165, 1.54) is 0 Å². The van der Waals surface area contributed by atoms with Crippen molar-refractivity contribution in [2.24, 2.45) is 0 Å². The van der Waals surface area contributed by atoms with Gasteiger partial charge >= 0.3 is 5.97 Å². The molecule has 1 atom stereocenters. The normalized spacial score (nSPS) is 19.8. The third-order valence-corrected chi connectivity index (χ3v) is 4.61. The zero-order valence-electron chi connectivity index (χ0n) is 13.5. The van der Waals surface area contributed by atoms with Crippen LogP contribution in [0.25, 0.3) is 0 Å². The lowest BCUT2D eigenvalue weighted by Gasteiger charge is -2.44. The molecule has 0 spiro atoms.